The smallest absolute Gasteiger partial charge is 0.326 e. The van der Waals surface area contributed by atoms with Crippen molar-refractivity contribution in [1.82, 2.24) is 9.55 Å². The Morgan fingerprint density at radius 2 is 2.00 bits per heavy atom. The predicted molar refractivity (Wildman–Crippen MR) is 113 cm³/mol. The summed E-state index contributed by atoms with van der Waals surface area (Å²) in [6.07, 6.45) is 2.78. The van der Waals surface area contributed by atoms with Crippen LogP contribution >= 0.6 is 15.9 Å². The van der Waals surface area contributed by atoms with Gasteiger partial charge in [0.2, 0.25) is 5.91 Å². The number of ether oxygens (including phenoxy) is 1. The van der Waals surface area contributed by atoms with E-state index in [9.17, 15) is 14.0 Å². The summed E-state index contributed by atoms with van der Waals surface area (Å²) >= 11 is 3.47. The van der Waals surface area contributed by atoms with Gasteiger partial charge in [-0.3, -0.25) is 9.36 Å². The van der Waals surface area contributed by atoms with Gasteiger partial charge >= 0.3 is 5.69 Å². The molecule has 1 heterocycles. The average molecular weight is 462 g/mol. The molecule has 1 fully saturated rings. The number of hydrogen-bond donors (Lipinski definition) is 2. The number of rotatable bonds is 4. The van der Waals surface area contributed by atoms with Crippen molar-refractivity contribution in [3.05, 3.63) is 57.2 Å². The number of H-pyrrole nitrogens is 1. The third kappa shape index (κ3) is 3.94. The zero-order chi connectivity index (χ0) is 20.5. The highest BCUT2D eigenvalue weighted by atomic mass is 79.9. The molecule has 1 aliphatic rings. The number of nitrogens with one attached hydrogen (secondary N) is 2. The van der Waals surface area contributed by atoms with E-state index in [1.165, 1.54) is 19.2 Å². The number of aromatic nitrogens is 2. The molecular formula is C21H21BrFN3O3. The van der Waals surface area contributed by atoms with Gasteiger partial charge in [-0.15, -0.1) is 0 Å². The number of para-hydroxylation sites is 1. The normalized spacial score (nSPS) is 19.3. The van der Waals surface area contributed by atoms with Crippen molar-refractivity contribution in [2.75, 3.05) is 12.4 Å². The summed E-state index contributed by atoms with van der Waals surface area (Å²) in [6.45, 7) is 0. The second-order valence-corrected chi connectivity index (χ2v) is 8.16. The van der Waals surface area contributed by atoms with Gasteiger partial charge in [0, 0.05) is 34.3 Å². The van der Waals surface area contributed by atoms with Crippen molar-refractivity contribution in [2.45, 2.75) is 31.7 Å². The number of methoxy groups -OCH3 is 1. The highest BCUT2D eigenvalue weighted by molar-refractivity contribution is 9.10. The fourth-order valence-electron chi connectivity index (χ4n) is 4.07. The molecule has 1 aliphatic carbocycles. The largest absolute Gasteiger partial charge is 0.497 e. The van der Waals surface area contributed by atoms with Crippen LogP contribution in [-0.2, 0) is 4.79 Å². The number of carbonyl (C=O) groups is 1. The molecule has 0 saturated heterocycles. The molecule has 0 bridgehead atoms. The Hall–Kier alpha value is -2.61. The first kappa shape index (κ1) is 19.7. The molecule has 2 N–H and O–H groups in total. The fraction of sp³-hybridized carbons (Fsp3) is 0.333. The lowest BCUT2D eigenvalue weighted by molar-refractivity contribution is -0.121. The number of anilines is 1. The fourth-order valence-corrected chi connectivity index (χ4v) is 4.52. The lowest BCUT2D eigenvalue weighted by Crippen LogP contribution is -2.31. The lowest BCUT2D eigenvalue weighted by Gasteiger charge is -2.28. The van der Waals surface area contributed by atoms with Crippen molar-refractivity contribution in [2.24, 2.45) is 5.92 Å². The van der Waals surface area contributed by atoms with Gasteiger partial charge in [-0.25, -0.2) is 9.18 Å². The number of halogens is 2. The van der Waals surface area contributed by atoms with E-state index in [0.717, 1.165) is 28.3 Å². The monoisotopic (exact) mass is 461 g/mol. The van der Waals surface area contributed by atoms with Crippen LogP contribution in [0.4, 0.5) is 10.1 Å². The average Bonchev–Trinajstić information content (AvgIpc) is 3.05. The van der Waals surface area contributed by atoms with Gasteiger partial charge in [0.05, 0.1) is 18.1 Å². The van der Waals surface area contributed by atoms with E-state index in [1.54, 1.807) is 10.6 Å². The van der Waals surface area contributed by atoms with Crippen molar-refractivity contribution in [3.63, 3.8) is 0 Å². The minimum absolute atomic E-state index is 0.0452. The first-order valence-electron chi connectivity index (χ1n) is 9.50. The Balaban J connectivity index is 1.45. The van der Waals surface area contributed by atoms with E-state index in [-0.39, 0.29) is 23.6 Å². The number of amides is 1. The van der Waals surface area contributed by atoms with Crippen LogP contribution in [0.15, 0.2) is 45.7 Å². The maximum Gasteiger partial charge on any atom is 0.326 e. The maximum absolute atomic E-state index is 13.6. The summed E-state index contributed by atoms with van der Waals surface area (Å²) in [6, 6.07) is 9.90. The molecule has 152 valence electrons. The number of hydrogen-bond acceptors (Lipinski definition) is 3. The van der Waals surface area contributed by atoms with Crippen LogP contribution in [-0.4, -0.2) is 22.6 Å². The van der Waals surface area contributed by atoms with Crippen LogP contribution in [0.3, 0.4) is 0 Å². The number of imidazole rings is 1. The Kier molecular flexibility index (Phi) is 5.45. The van der Waals surface area contributed by atoms with Crippen molar-refractivity contribution in [1.29, 1.82) is 0 Å². The molecule has 1 aromatic heterocycles. The van der Waals surface area contributed by atoms with Gasteiger partial charge < -0.3 is 15.0 Å². The molecule has 1 amide bonds. The van der Waals surface area contributed by atoms with Crippen LogP contribution < -0.4 is 15.7 Å². The quantitative estimate of drug-likeness (QED) is 0.595. The molecule has 0 atom stereocenters. The van der Waals surface area contributed by atoms with E-state index in [4.69, 9.17) is 4.74 Å². The minimum atomic E-state index is -0.465. The van der Waals surface area contributed by atoms with Crippen LogP contribution in [0.25, 0.3) is 11.0 Å². The Bertz CT molecular complexity index is 1120. The maximum atomic E-state index is 13.6. The number of aromatic amines is 1. The van der Waals surface area contributed by atoms with Crippen LogP contribution in [0, 0.1) is 11.7 Å². The zero-order valence-corrected chi connectivity index (χ0v) is 17.5. The Morgan fingerprint density at radius 3 is 2.72 bits per heavy atom. The Labute approximate surface area is 175 Å². The summed E-state index contributed by atoms with van der Waals surface area (Å²) < 4.78 is 21.3. The van der Waals surface area contributed by atoms with Crippen molar-refractivity contribution in [3.8, 4) is 5.75 Å². The SMILES string of the molecule is COc1cc(F)cc(NC(=O)[C@H]2CC[C@@H](n3c(=O)[nH]c4c(Br)cccc43)CC2)c1. The zero-order valence-electron chi connectivity index (χ0n) is 15.9. The molecule has 0 spiro atoms. The van der Waals surface area contributed by atoms with E-state index >= 15 is 0 Å². The van der Waals surface area contributed by atoms with Gasteiger partial charge in [-0.2, -0.15) is 0 Å². The summed E-state index contributed by atoms with van der Waals surface area (Å²) in [4.78, 5) is 28.0. The molecular weight excluding hydrogens is 441 g/mol. The first-order chi connectivity index (χ1) is 14.0. The molecule has 0 radical (unpaired) electrons. The van der Waals surface area contributed by atoms with Gasteiger partial charge in [-0.05, 0) is 59.8 Å². The lowest BCUT2D eigenvalue weighted by atomic mass is 9.85. The number of fused-ring (bicyclic) bond motifs is 1. The summed E-state index contributed by atoms with van der Waals surface area (Å²) in [7, 11) is 1.45. The molecule has 29 heavy (non-hydrogen) atoms. The second-order valence-electron chi connectivity index (χ2n) is 7.31. The van der Waals surface area contributed by atoms with Crippen molar-refractivity contribution >= 4 is 38.6 Å². The predicted octanol–water partition coefficient (Wildman–Crippen LogP) is 4.61. The number of carbonyl (C=O) groups excluding carboxylic acids is 1. The molecule has 1 saturated carbocycles. The van der Waals surface area contributed by atoms with E-state index in [2.05, 4.69) is 26.2 Å². The van der Waals surface area contributed by atoms with Gasteiger partial charge in [0.15, 0.2) is 0 Å². The Morgan fingerprint density at radius 1 is 1.24 bits per heavy atom. The third-order valence-corrected chi connectivity index (χ3v) is 6.17. The molecule has 0 aliphatic heterocycles. The summed E-state index contributed by atoms with van der Waals surface area (Å²) in [5.74, 6) is -0.416. The molecule has 2 aromatic carbocycles. The second kappa shape index (κ2) is 8.02. The number of nitrogens with zero attached hydrogens (tertiary/aromatic N) is 1. The third-order valence-electron chi connectivity index (χ3n) is 5.51. The summed E-state index contributed by atoms with van der Waals surface area (Å²) in [5.41, 5.74) is 1.90. The molecule has 0 unspecified atom stereocenters. The highest BCUT2D eigenvalue weighted by Crippen LogP contribution is 2.34. The molecule has 6 nitrogen and oxygen atoms in total. The van der Waals surface area contributed by atoms with E-state index < -0.39 is 5.82 Å². The standard InChI is InChI=1S/C21H21BrFN3O3/c1-29-16-10-13(23)9-14(11-16)24-20(27)12-5-7-15(8-6-12)26-18-4-2-3-17(22)19(18)25-21(26)28/h2-4,9-12,15H,5-8H2,1H3,(H,24,27)(H,25,28)/t12-,15+. The molecule has 4 rings (SSSR count). The van der Waals surface area contributed by atoms with Crippen molar-refractivity contribution < 1.29 is 13.9 Å². The van der Waals surface area contributed by atoms with E-state index in [0.29, 0.717) is 24.3 Å². The minimum Gasteiger partial charge on any atom is -0.497 e. The molecule has 3 aromatic rings. The van der Waals surface area contributed by atoms with Crippen LogP contribution in [0.5, 0.6) is 5.75 Å². The van der Waals surface area contributed by atoms with Crippen LogP contribution in [0.1, 0.15) is 31.7 Å². The molecule has 8 heteroatoms. The van der Waals surface area contributed by atoms with Gasteiger partial charge in [0.25, 0.3) is 0 Å². The van der Waals surface area contributed by atoms with Gasteiger partial charge in [-0.1, -0.05) is 6.07 Å². The number of benzene rings is 2. The topological polar surface area (TPSA) is 76.1 Å². The van der Waals surface area contributed by atoms with Crippen LogP contribution in [0.2, 0.25) is 0 Å². The highest BCUT2D eigenvalue weighted by Gasteiger charge is 2.29. The van der Waals surface area contributed by atoms with Gasteiger partial charge in [0.1, 0.15) is 11.6 Å². The first-order valence-corrected chi connectivity index (χ1v) is 10.3. The summed E-state index contributed by atoms with van der Waals surface area (Å²) in [5, 5.41) is 2.79. The van der Waals surface area contributed by atoms with E-state index in [1.807, 2.05) is 18.2 Å².